The maximum Gasteiger partial charge on any atom is 0 e. The molecule has 1 fully saturated rings. The van der Waals surface area contributed by atoms with Crippen LogP contribution in [0.1, 0.15) is 52.1 Å². The summed E-state index contributed by atoms with van der Waals surface area (Å²) in [5, 5.41) is 0. The van der Waals surface area contributed by atoms with Crippen LogP contribution in [0.4, 0.5) is 0 Å². The van der Waals surface area contributed by atoms with Gasteiger partial charge in [0.15, 0.2) is 0 Å². The summed E-state index contributed by atoms with van der Waals surface area (Å²) in [5.41, 5.74) is 2.66. The zero-order valence-corrected chi connectivity index (χ0v) is 11.8. The highest BCUT2D eigenvalue weighted by molar-refractivity contribution is 5.19. The SMILES string of the molecule is CC1CCC(C)CC1.Cc1ccc(C)cc1.O.[H]. The number of hydrogen-bond donors (Lipinski definition) is 0. The van der Waals surface area contributed by atoms with Gasteiger partial charge in [-0.15, -0.1) is 0 Å². The van der Waals surface area contributed by atoms with E-state index in [0.717, 1.165) is 11.8 Å². The molecule has 0 aromatic heterocycles. The third-order valence-electron chi connectivity index (χ3n) is 3.52. The van der Waals surface area contributed by atoms with E-state index in [1.165, 1.54) is 36.8 Å². The van der Waals surface area contributed by atoms with Gasteiger partial charge in [-0.25, -0.2) is 0 Å². The number of aryl methyl sites for hydroxylation is 2. The highest BCUT2D eigenvalue weighted by atomic mass is 16.0. The average Bonchev–Trinajstić information content (AvgIpc) is 2.28. The summed E-state index contributed by atoms with van der Waals surface area (Å²) in [6.45, 7) is 8.93. The van der Waals surface area contributed by atoms with Crippen molar-refractivity contribution in [1.82, 2.24) is 0 Å². The fraction of sp³-hybridized carbons (Fsp3) is 0.625. The molecule has 0 bridgehead atoms. The smallest absolute Gasteiger partial charge is 0 e. The first-order valence-corrected chi connectivity index (χ1v) is 6.61. The minimum Gasteiger partial charge on any atom is -0.412 e. The normalized spacial score (nSPS) is 23.1. The van der Waals surface area contributed by atoms with Crippen molar-refractivity contribution in [1.29, 1.82) is 0 Å². The Morgan fingerprint density at radius 1 is 0.765 bits per heavy atom. The molecule has 1 nitrogen and oxygen atoms in total. The molecule has 1 aromatic rings. The summed E-state index contributed by atoms with van der Waals surface area (Å²) < 4.78 is 0. The lowest BCUT2D eigenvalue weighted by Gasteiger charge is -2.22. The Balaban J connectivity index is 0. The van der Waals surface area contributed by atoms with Crippen molar-refractivity contribution in [2.75, 3.05) is 0 Å². The maximum absolute atomic E-state index is 2.37. The average molecular weight is 237 g/mol. The molecule has 1 saturated carbocycles. The Hall–Kier alpha value is -0.820. The molecule has 1 aliphatic rings. The van der Waals surface area contributed by atoms with Gasteiger partial charge < -0.3 is 5.48 Å². The van der Waals surface area contributed by atoms with Crippen LogP contribution in [0.2, 0.25) is 0 Å². The molecule has 2 N–H and O–H groups in total. The quantitative estimate of drug-likeness (QED) is 0.639. The Kier molecular flexibility index (Phi) is 7.90. The van der Waals surface area contributed by atoms with Crippen molar-refractivity contribution in [2.45, 2.75) is 53.4 Å². The molecule has 17 heavy (non-hydrogen) atoms. The molecule has 0 amide bonds. The second-order valence-corrected chi connectivity index (χ2v) is 5.52. The van der Waals surface area contributed by atoms with Gasteiger partial charge in [-0.3, -0.25) is 0 Å². The second-order valence-electron chi connectivity index (χ2n) is 5.52. The standard InChI is InChI=1S/C8H16.C8H10.H2O.H/c2*1-7-3-5-8(2)6-4-7;;/h7-8H,3-6H2,1-2H3;3-6H,1-2H3;1H2;. The van der Waals surface area contributed by atoms with Crippen LogP contribution in [0.15, 0.2) is 24.3 Å². The van der Waals surface area contributed by atoms with E-state index in [2.05, 4.69) is 52.0 Å². The lowest BCUT2D eigenvalue weighted by molar-refractivity contribution is 0.308. The molecule has 0 atom stereocenters. The van der Waals surface area contributed by atoms with Gasteiger partial charge in [-0.1, -0.05) is 74.9 Å². The summed E-state index contributed by atoms with van der Waals surface area (Å²) in [4.78, 5) is 0. The molecule has 1 heteroatoms. The van der Waals surface area contributed by atoms with Crippen LogP contribution >= 0.6 is 0 Å². The van der Waals surface area contributed by atoms with E-state index in [1.54, 1.807) is 0 Å². The Morgan fingerprint density at radius 3 is 1.24 bits per heavy atom. The minimum absolute atomic E-state index is 0. The van der Waals surface area contributed by atoms with Crippen molar-refractivity contribution in [3.63, 3.8) is 0 Å². The molecular formula is C16H29O. The van der Waals surface area contributed by atoms with Crippen molar-refractivity contribution in [3.05, 3.63) is 35.4 Å². The summed E-state index contributed by atoms with van der Waals surface area (Å²) in [6, 6.07) is 8.48. The largest absolute Gasteiger partial charge is 0.412 e. The highest BCUT2D eigenvalue weighted by Crippen LogP contribution is 2.27. The van der Waals surface area contributed by atoms with Crippen molar-refractivity contribution >= 4 is 0 Å². The lowest BCUT2D eigenvalue weighted by atomic mass is 9.84. The van der Waals surface area contributed by atoms with Crippen LogP contribution in [-0.4, -0.2) is 5.48 Å². The Labute approximate surface area is 108 Å². The van der Waals surface area contributed by atoms with Gasteiger partial charge in [-0.2, -0.15) is 0 Å². The molecule has 1 aromatic carbocycles. The minimum atomic E-state index is 0. The van der Waals surface area contributed by atoms with E-state index in [-0.39, 0.29) is 6.90 Å². The molecule has 0 heterocycles. The topological polar surface area (TPSA) is 31.5 Å². The van der Waals surface area contributed by atoms with Gasteiger partial charge in [-0.05, 0) is 25.7 Å². The Morgan fingerprint density at radius 2 is 1.00 bits per heavy atom. The molecular weight excluding hydrogens is 208 g/mol. The van der Waals surface area contributed by atoms with E-state index in [1.807, 2.05) is 0 Å². The van der Waals surface area contributed by atoms with Gasteiger partial charge in [0, 0.05) is 1.43 Å². The first-order valence-electron chi connectivity index (χ1n) is 6.61. The molecule has 0 saturated heterocycles. The third-order valence-corrected chi connectivity index (χ3v) is 3.52. The number of rotatable bonds is 0. The van der Waals surface area contributed by atoms with Crippen LogP contribution in [0.25, 0.3) is 0 Å². The van der Waals surface area contributed by atoms with Gasteiger partial charge in [0.1, 0.15) is 0 Å². The second kappa shape index (κ2) is 8.30. The fourth-order valence-corrected chi connectivity index (χ4v) is 2.06. The van der Waals surface area contributed by atoms with Crippen LogP contribution in [0.3, 0.4) is 0 Å². The molecule has 0 unspecified atom stereocenters. The number of hydrogen-bond acceptors (Lipinski definition) is 0. The zero-order chi connectivity index (χ0) is 12.0. The summed E-state index contributed by atoms with van der Waals surface area (Å²) in [5.74, 6) is 2.04. The zero-order valence-electron chi connectivity index (χ0n) is 12.8. The van der Waals surface area contributed by atoms with E-state index in [0.29, 0.717) is 0 Å². The van der Waals surface area contributed by atoms with Crippen molar-refractivity contribution in [3.8, 4) is 0 Å². The summed E-state index contributed by atoms with van der Waals surface area (Å²) in [7, 11) is 0. The molecule has 0 spiro atoms. The molecule has 1 radical (unpaired) electrons. The van der Waals surface area contributed by atoms with Crippen LogP contribution in [0.5, 0.6) is 0 Å². The molecule has 1 aliphatic carbocycles. The van der Waals surface area contributed by atoms with Crippen LogP contribution in [-0.2, 0) is 0 Å². The van der Waals surface area contributed by atoms with E-state index >= 15 is 0 Å². The first-order chi connectivity index (χ1) is 7.58. The highest BCUT2D eigenvalue weighted by Gasteiger charge is 2.13. The third kappa shape index (κ3) is 7.17. The van der Waals surface area contributed by atoms with Gasteiger partial charge >= 0.3 is 0 Å². The van der Waals surface area contributed by atoms with Crippen molar-refractivity contribution in [2.24, 2.45) is 11.8 Å². The fourth-order valence-electron chi connectivity index (χ4n) is 2.06. The predicted molar refractivity (Wildman–Crippen MR) is 77.4 cm³/mol. The summed E-state index contributed by atoms with van der Waals surface area (Å²) in [6.07, 6.45) is 5.89. The monoisotopic (exact) mass is 237 g/mol. The van der Waals surface area contributed by atoms with Crippen molar-refractivity contribution < 1.29 is 6.90 Å². The van der Waals surface area contributed by atoms with Gasteiger partial charge in [0.05, 0.1) is 0 Å². The van der Waals surface area contributed by atoms with Gasteiger partial charge in [0.2, 0.25) is 0 Å². The van der Waals surface area contributed by atoms with Gasteiger partial charge in [0.25, 0.3) is 0 Å². The Bertz CT molecular complexity index is 255. The van der Waals surface area contributed by atoms with E-state index in [9.17, 15) is 0 Å². The summed E-state index contributed by atoms with van der Waals surface area (Å²) >= 11 is 0. The molecule has 2 rings (SSSR count). The molecule has 0 aliphatic heterocycles. The maximum atomic E-state index is 2.37. The first kappa shape index (κ1) is 16.2. The van der Waals surface area contributed by atoms with E-state index < -0.39 is 0 Å². The van der Waals surface area contributed by atoms with Crippen LogP contribution < -0.4 is 0 Å². The predicted octanol–water partition coefficient (Wildman–Crippen LogP) is 4.42. The van der Waals surface area contributed by atoms with E-state index in [4.69, 9.17) is 0 Å². The number of benzene rings is 1. The molecule has 99 valence electrons. The van der Waals surface area contributed by atoms with Crippen LogP contribution in [0, 0.1) is 25.7 Å². The lowest BCUT2D eigenvalue weighted by Crippen LogP contribution is -2.08.